The van der Waals surface area contributed by atoms with Crippen LogP contribution in [0.4, 0.5) is 0 Å². The van der Waals surface area contributed by atoms with E-state index in [9.17, 15) is 19.8 Å². The Hall–Kier alpha value is -2.04. The van der Waals surface area contributed by atoms with Crippen LogP contribution < -0.4 is 0 Å². The molecule has 0 fully saturated rings. The van der Waals surface area contributed by atoms with Gasteiger partial charge >= 0.3 is 5.97 Å². The predicted octanol–water partition coefficient (Wildman–Crippen LogP) is 0.927. The molecule has 5 nitrogen and oxygen atoms in total. The van der Waals surface area contributed by atoms with Crippen molar-refractivity contribution < 1.29 is 24.5 Å². The van der Waals surface area contributed by atoms with Gasteiger partial charge in [-0.25, -0.2) is 4.79 Å². The fourth-order valence-electron chi connectivity index (χ4n) is 1.22. The number of carbonyl (C=O) groups is 1. The number of rotatable bonds is 4. The van der Waals surface area contributed by atoms with Gasteiger partial charge in [0.05, 0.1) is 6.61 Å². The van der Waals surface area contributed by atoms with Crippen molar-refractivity contribution in [1.29, 1.82) is 0 Å². The number of hydrogen-bond donors (Lipinski definition) is 2. The van der Waals surface area contributed by atoms with Crippen molar-refractivity contribution in [1.82, 2.24) is 0 Å². The Morgan fingerprint density at radius 1 is 1.38 bits per heavy atom. The number of hydrogen-bond acceptors (Lipinski definition) is 5. The third-order valence-corrected chi connectivity index (χ3v) is 1.99. The third kappa shape index (κ3) is 2.31. The molecule has 0 amide bonds. The van der Waals surface area contributed by atoms with Crippen LogP contribution in [0.3, 0.4) is 0 Å². The minimum Gasteiger partial charge on any atom is -0.504 e. The van der Waals surface area contributed by atoms with Gasteiger partial charge in [0.15, 0.2) is 11.5 Å². The lowest BCUT2D eigenvalue weighted by Gasteiger charge is -2.08. The van der Waals surface area contributed by atoms with Crippen molar-refractivity contribution in [3.8, 4) is 11.5 Å². The summed E-state index contributed by atoms with van der Waals surface area (Å²) in [5.74, 6) is -1.79. The van der Waals surface area contributed by atoms with Gasteiger partial charge in [0.1, 0.15) is 5.56 Å². The molecule has 0 heterocycles. The summed E-state index contributed by atoms with van der Waals surface area (Å²) in [7, 11) is 0. The molecule has 0 aliphatic carbocycles. The van der Waals surface area contributed by atoms with E-state index in [1.165, 1.54) is 12.1 Å². The van der Waals surface area contributed by atoms with E-state index in [0.717, 1.165) is 0 Å². The van der Waals surface area contributed by atoms with Crippen molar-refractivity contribution in [2.75, 3.05) is 6.61 Å². The summed E-state index contributed by atoms with van der Waals surface area (Å²) in [6, 6.07) is 2.66. The van der Waals surface area contributed by atoms with Gasteiger partial charge in [0.2, 0.25) is 6.29 Å². The lowest BCUT2D eigenvalue weighted by atomic mass is 10.1. The zero-order valence-electron chi connectivity index (χ0n) is 8.69. The van der Waals surface area contributed by atoms with Gasteiger partial charge in [-0.1, -0.05) is 6.07 Å². The van der Waals surface area contributed by atoms with Crippen molar-refractivity contribution in [3.63, 3.8) is 0 Å². The minimum absolute atomic E-state index is 0.131. The number of aromatic hydroxyl groups is 2. The number of phenols is 2. The molecule has 16 heavy (non-hydrogen) atoms. The van der Waals surface area contributed by atoms with Crippen LogP contribution in [0.2, 0.25) is 0 Å². The summed E-state index contributed by atoms with van der Waals surface area (Å²) in [6.45, 7) is 1.80. The van der Waals surface area contributed by atoms with Crippen LogP contribution in [0.1, 0.15) is 22.8 Å². The molecule has 0 bridgehead atoms. The molecule has 5 heteroatoms. The number of phenolic OH excluding ortho intramolecular Hbond substituents is 2. The molecule has 85 valence electrons. The average Bonchev–Trinajstić information content (AvgIpc) is 2.25. The Labute approximate surface area is 92.3 Å². The molecule has 1 rings (SSSR count). The van der Waals surface area contributed by atoms with Crippen LogP contribution in [0, 0.1) is 0 Å². The van der Waals surface area contributed by atoms with E-state index in [2.05, 4.69) is 4.74 Å². The van der Waals surface area contributed by atoms with Crippen molar-refractivity contribution in [2.24, 2.45) is 0 Å². The fourth-order valence-corrected chi connectivity index (χ4v) is 1.22. The quantitative estimate of drug-likeness (QED) is 0.586. The zero-order chi connectivity index (χ0) is 12.1. The number of carbonyl (C=O) groups excluding carboxylic acids is 2. The van der Waals surface area contributed by atoms with Crippen LogP contribution >= 0.6 is 0 Å². The molecule has 1 aromatic carbocycles. The second kappa shape index (κ2) is 5.16. The van der Waals surface area contributed by atoms with Crippen molar-refractivity contribution in [3.05, 3.63) is 23.3 Å². The third-order valence-electron chi connectivity index (χ3n) is 1.99. The molecule has 0 unspecified atom stereocenters. The maximum atomic E-state index is 11.3. The largest absolute Gasteiger partial charge is 0.504 e. The number of benzene rings is 1. The second-order valence-electron chi connectivity index (χ2n) is 3.01. The SMILES string of the molecule is CCOC(=O)c1ccc(C[C]=O)c(O)c1O. The van der Waals surface area contributed by atoms with Crippen molar-refractivity contribution in [2.45, 2.75) is 13.3 Å². The number of ether oxygens (including phenoxy) is 1. The van der Waals surface area contributed by atoms with Gasteiger partial charge in [0, 0.05) is 12.0 Å². The molecular formula is C11H11O5. The van der Waals surface area contributed by atoms with Crippen LogP contribution in [0.15, 0.2) is 12.1 Å². The monoisotopic (exact) mass is 223 g/mol. The first kappa shape index (κ1) is 12.0. The summed E-state index contributed by atoms with van der Waals surface area (Å²) in [6.07, 6.45) is 1.44. The minimum atomic E-state index is -0.725. The lowest BCUT2D eigenvalue weighted by Crippen LogP contribution is -2.05. The Balaban J connectivity index is 3.11. The molecule has 0 saturated heterocycles. The summed E-state index contributed by atoms with van der Waals surface area (Å²) < 4.78 is 4.68. The normalized spacial score (nSPS) is 9.81. The van der Waals surface area contributed by atoms with Crippen LogP contribution in [0.25, 0.3) is 0 Å². The van der Waals surface area contributed by atoms with Crippen LogP contribution in [-0.2, 0) is 16.0 Å². The van der Waals surface area contributed by atoms with E-state index in [1.54, 1.807) is 13.2 Å². The molecule has 1 radical (unpaired) electrons. The first-order valence-electron chi connectivity index (χ1n) is 4.67. The van der Waals surface area contributed by atoms with E-state index in [1.807, 2.05) is 0 Å². The van der Waals surface area contributed by atoms with E-state index in [-0.39, 0.29) is 24.2 Å². The molecule has 0 spiro atoms. The van der Waals surface area contributed by atoms with Gasteiger partial charge in [-0.15, -0.1) is 0 Å². The standard InChI is InChI=1S/C11H11O5/c1-2-16-11(15)8-4-3-7(5-6-12)9(13)10(8)14/h3-4,13-14H,2,5H2,1H3. The Bertz CT molecular complexity index is 411. The average molecular weight is 223 g/mol. The van der Waals surface area contributed by atoms with Crippen molar-refractivity contribution >= 4 is 12.3 Å². The fraction of sp³-hybridized carbons (Fsp3) is 0.273. The maximum Gasteiger partial charge on any atom is 0.342 e. The smallest absolute Gasteiger partial charge is 0.342 e. The highest BCUT2D eigenvalue weighted by Gasteiger charge is 2.17. The number of esters is 1. The Kier molecular flexibility index (Phi) is 3.88. The first-order chi connectivity index (χ1) is 7.61. The Morgan fingerprint density at radius 2 is 2.06 bits per heavy atom. The summed E-state index contributed by atoms with van der Waals surface area (Å²) in [5, 5.41) is 19.0. The van der Waals surface area contributed by atoms with Gasteiger partial charge < -0.3 is 14.9 Å². The first-order valence-corrected chi connectivity index (χ1v) is 4.67. The zero-order valence-corrected chi connectivity index (χ0v) is 8.69. The molecule has 0 aliphatic rings. The summed E-state index contributed by atoms with van der Waals surface area (Å²) in [4.78, 5) is 21.5. The van der Waals surface area contributed by atoms with E-state index in [4.69, 9.17) is 0 Å². The molecular weight excluding hydrogens is 212 g/mol. The van der Waals surface area contributed by atoms with E-state index >= 15 is 0 Å². The molecule has 2 N–H and O–H groups in total. The topological polar surface area (TPSA) is 83.8 Å². The van der Waals surface area contributed by atoms with Gasteiger partial charge in [0.25, 0.3) is 0 Å². The second-order valence-corrected chi connectivity index (χ2v) is 3.01. The van der Waals surface area contributed by atoms with Gasteiger partial charge in [-0.2, -0.15) is 0 Å². The predicted molar refractivity (Wildman–Crippen MR) is 55.1 cm³/mol. The van der Waals surface area contributed by atoms with E-state index < -0.39 is 17.5 Å². The van der Waals surface area contributed by atoms with Crippen LogP contribution in [-0.4, -0.2) is 29.1 Å². The highest BCUT2D eigenvalue weighted by atomic mass is 16.5. The van der Waals surface area contributed by atoms with Gasteiger partial charge in [-0.05, 0) is 13.0 Å². The highest BCUT2D eigenvalue weighted by molar-refractivity contribution is 5.93. The molecule has 0 aliphatic heterocycles. The molecule has 0 aromatic heterocycles. The Morgan fingerprint density at radius 3 is 2.62 bits per heavy atom. The molecule has 0 atom stereocenters. The molecule has 0 saturated carbocycles. The van der Waals surface area contributed by atoms with Crippen LogP contribution in [0.5, 0.6) is 11.5 Å². The lowest BCUT2D eigenvalue weighted by molar-refractivity contribution is 0.0522. The highest BCUT2D eigenvalue weighted by Crippen LogP contribution is 2.33. The maximum absolute atomic E-state index is 11.3. The summed E-state index contributed by atoms with van der Waals surface area (Å²) in [5.41, 5.74) is 0.0783. The van der Waals surface area contributed by atoms with E-state index in [0.29, 0.717) is 0 Å². The molecule has 1 aromatic rings. The summed E-state index contributed by atoms with van der Waals surface area (Å²) >= 11 is 0. The van der Waals surface area contributed by atoms with Gasteiger partial charge in [-0.3, -0.25) is 4.79 Å².